The van der Waals surface area contributed by atoms with E-state index in [2.05, 4.69) is 0 Å². The van der Waals surface area contributed by atoms with Gasteiger partial charge >= 0.3 is 17.9 Å². The average Bonchev–Trinajstić information content (AvgIpc) is 3.00. The van der Waals surface area contributed by atoms with Crippen molar-refractivity contribution in [3.8, 4) is 0 Å². The third-order valence-electron chi connectivity index (χ3n) is 6.38. The molecule has 2 fully saturated rings. The Hall–Kier alpha value is -2.79. The molecule has 2 bridgehead atoms. The first-order valence-electron chi connectivity index (χ1n) is 10.6. The Kier molecular flexibility index (Phi) is 6.67. The van der Waals surface area contributed by atoms with Gasteiger partial charge in [-0.1, -0.05) is 48.9 Å². The van der Waals surface area contributed by atoms with Crippen LogP contribution in [0.25, 0.3) is 0 Å². The lowest BCUT2D eigenvalue weighted by Crippen LogP contribution is -2.75. The first kappa shape index (κ1) is 24.8. The zero-order chi connectivity index (χ0) is 24.6. The summed E-state index contributed by atoms with van der Waals surface area (Å²) < 4.78 is 10.8. The summed E-state index contributed by atoms with van der Waals surface area (Å²) in [4.78, 5) is 35.6. The minimum Gasteiger partial charge on any atom is -0.479 e. The molecular formula is C23H28O10. The van der Waals surface area contributed by atoms with Gasteiger partial charge in [0.15, 0.2) is 5.79 Å². The molecule has 2 heterocycles. The molecule has 0 aromatic heterocycles. The smallest absolute Gasteiger partial charge is 0.342 e. The molecule has 0 amide bonds. The Labute approximate surface area is 190 Å². The van der Waals surface area contributed by atoms with Gasteiger partial charge in [-0.2, -0.15) is 0 Å². The summed E-state index contributed by atoms with van der Waals surface area (Å²) >= 11 is 0. The second kappa shape index (κ2) is 8.86. The fourth-order valence-corrected chi connectivity index (χ4v) is 4.73. The molecule has 2 aliphatic rings. The molecule has 0 unspecified atom stereocenters. The first-order chi connectivity index (χ1) is 15.4. The standard InChI is InChI=1S/C23H28O10/c1-13(10-14(2)11-15-6-4-3-5-7-15)8-9-22-16(24)12-21(33-22,19(27)28)23(31,20(29)30)17(32-22)18(25)26/h3-7,10,14,16-17,24,31H,8-9,11-12H2,1-2H3,(H,25,26)(H,27,28)(H,29,30)/t14-,16-,17-,21+,22+,23-/m1/s1. The summed E-state index contributed by atoms with van der Waals surface area (Å²) in [6.45, 7) is 3.85. The SMILES string of the molecule is CC(=C[C@@H](C)Cc1ccccc1)CC[C@@]12O[C@H](C(=O)O)[C@@](O)(C(=O)O)[C@@](C(=O)O)(C[C@H]1O)O2. The predicted octanol–water partition coefficient (Wildman–Crippen LogP) is 1.19. The summed E-state index contributed by atoms with van der Waals surface area (Å²) in [5.41, 5.74) is -4.31. The quantitative estimate of drug-likeness (QED) is 0.334. The van der Waals surface area contributed by atoms with E-state index in [1.165, 1.54) is 0 Å². The van der Waals surface area contributed by atoms with Crippen LogP contribution >= 0.6 is 0 Å². The number of aliphatic carboxylic acids is 3. The zero-order valence-electron chi connectivity index (χ0n) is 18.3. The molecule has 0 radical (unpaired) electrons. The number of carbonyl (C=O) groups is 3. The van der Waals surface area contributed by atoms with Gasteiger partial charge in [0.1, 0.15) is 6.10 Å². The highest BCUT2D eigenvalue weighted by Crippen LogP contribution is 2.54. The molecule has 180 valence electrons. The third-order valence-corrected chi connectivity index (χ3v) is 6.38. The summed E-state index contributed by atoms with van der Waals surface area (Å²) in [6, 6.07) is 9.85. The van der Waals surface area contributed by atoms with Crippen molar-refractivity contribution in [2.75, 3.05) is 0 Å². The van der Waals surface area contributed by atoms with Crippen LogP contribution in [0.5, 0.6) is 0 Å². The van der Waals surface area contributed by atoms with Crippen LogP contribution < -0.4 is 0 Å². The van der Waals surface area contributed by atoms with E-state index >= 15 is 0 Å². The maximum absolute atomic E-state index is 12.0. The number of aliphatic hydroxyl groups is 2. The van der Waals surface area contributed by atoms with Gasteiger partial charge in [0.05, 0.1) is 0 Å². The van der Waals surface area contributed by atoms with E-state index in [0.717, 1.165) is 17.6 Å². The van der Waals surface area contributed by atoms with Crippen molar-refractivity contribution >= 4 is 17.9 Å². The molecular weight excluding hydrogens is 436 g/mol. The molecule has 1 aromatic rings. The summed E-state index contributed by atoms with van der Waals surface area (Å²) in [5.74, 6) is -7.84. The van der Waals surface area contributed by atoms with Crippen molar-refractivity contribution in [3.63, 3.8) is 0 Å². The van der Waals surface area contributed by atoms with E-state index in [-0.39, 0.29) is 18.8 Å². The fourth-order valence-electron chi connectivity index (χ4n) is 4.73. The molecule has 5 N–H and O–H groups in total. The Morgan fingerprint density at radius 2 is 1.79 bits per heavy atom. The number of carboxylic acid groups (broad SMARTS) is 3. The average molecular weight is 464 g/mol. The van der Waals surface area contributed by atoms with Crippen LogP contribution in [-0.2, 0) is 30.3 Å². The molecule has 2 saturated heterocycles. The summed E-state index contributed by atoms with van der Waals surface area (Å²) in [7, 11) is 0. The van der Waals surface area contributed by atoms with Crippen LogP contribution in [0.15, 0.2) is 42.0 Å². The Balaban J connectivity index is 1.84. The Morgan fingerprint density at radius 1 is 1.15 bits per heavy atom. The lowest BCUT2D eigenvalue weighted by atomic mass is 9.76. The highest BCUT2D eigenvalue weighted by Gasteiger charge is 2.80. The van der Waals surface area contributed by atoms with Gasteiger partial charge < -0.3 is 35.0 Å². The molecule has 0 aliphatic carbocycles. The van der Waals surface area contributed by atoms with Crippen LogP contribution in [0.3, 0.4) is 0 Å². The molecule has 3 rings (SSSR count). The fraction of sp³-hybridized carbons (Fsp3) is 0.522. The highest BCUT2D eigenvalue weighted by atomic mass is 16.8. The first-order valence-corrected chi connectivity index (χ1v) is 10.6. The van der Waals surface area contributed by atoms with Crippen molar-refractivity contribution in [1.82, 2.24) is 0 Å². The maximum atomic E-state index is 12.0. The molecule has 2 aliphatic heterocycles. The summed E-state index contributed by atoms with van der Waals surface area (Å²) in [6.07, 6.45) is -2.07. The van der Waals surface area contributed by atoms with Gasteiger partial charge in [-0.15, -0.1) is 0 Å². The minimum absolute atomic E-state index is 0.136. The van der Waals surface area contributed by atoms with Crippen molar-refractivity contribution in [3.05, 3.63) is 47.5 Å². The monoisotopic (exact) mass is 464 g/mol. The number of rotatable bonds is 9. The molecule has 10 heteroatoms. The van der Waals surface area contributed by atoms with E-state index in [0.29, 0.717) is 0 Å². The van der Waals surface area contributed by atoms with Crippen LogP contribution in [-0.4, -0.2) is 72.6 Å². The number of hydrogen-bond donors (Lipinski definition) is 5. The van der Waals surface area contributed by atoms with Crippen molar-refractivity contribution < 1.29 is 49.4 Å². The van der Waals surface area contributed by atoms with Crippen LogP contribution in [0.2, 0.25) is 0 Å². The normalized spacial score (nSPS) is 34.6. The van der Waals surface area contributed by atoms with Gasteiger partial charge in [-0.25, -0.2) is 14.4 Å². The third kappa shape index (κ3) is 4.15. The van der Waals surface area contributed by atoms with Crippen LogP contribution in [0.4, 0.5) is 0 Å². The van der Waals surface area contributed by atoms with E-state index < -0.39 is 53.5 Å². The largest absolute Gasteiger partial charge is 0.479 e. The predicted molar refractivity (Wildman–Crippen MR) is 112 cm³/mol. The Bertz CT molecular complexity index is 959. The van der Waals surface area contributed by atoms with Crippen molar-refractivity contribution in [2.24, 2.45) is 5.92 Å². The van der Waals surface area contributed by atoms with Gasteiger partial charge in [0, 0.05) is 12.8 Å². The number of fused-ring (bicyclic) bond motifs is 2. The van der Waals surface area contributed by atoms with Crippen molar-refractivity contribution in [1.29, 1.82) is 0 Å². The van der Waals surface area contributed by atoms with E-state index in [1.807, 2.05) is 50.3 Å². The van der Waals surface area contributed by atoms with E-state index in [1.54, 1.807) is 0 Å². The lowest BCUT2D eigenvalue weighted by Gasteiger charge is -2.48. The second-order valence-corrected chi connectivity index (χ2v) is 8.85. The molecule has 0 spiro atoms. The van der Waals surface area contributed by atoms with Crippen LogP contribution in [0.1, 0.15) is 38.7 Å². The number of ether oxygens (including phenoxy) is 2. The maximum Gasteiger partial charge on any atom is 0.342 e. The Morgan fingerprint density at radius 3 is 2.33 bits per heavy atom. The van der Waals surface area contributed by atoms with E-state index in [4.69, 9.17) is 9.47 Å². The zero-order valence-corrected chi connectivity index (χ0v) is 18.3. The molecule has 33 heavy (non-hydrogen) atoms. The highest BCUT2D eigenvalue weighted by molar-refractivity contribution is 5.97. The number of carboxylic acids is 3. The second-order valence-electron chi connectivity index (χ2n) is 8.85. The molecule has 1 aromatic carbocycles. The van der Waals surface area contributed by atoms with Crippen LogP contribution in [0, 0.1) is 5.92 Å². The minimum atomic E-state index is -3.44. The van der Waals surface area contributed by atoms with E-state index in [9.17, 15) is 39.9 Å². The molecule has 0 saturated carbocycles. The topological polar surface area (TPSA) is 171 Å². The van der Waals surface area contributed by atoms with Gasteiger partial charge in [-0.3, -0.25) is 0 Å². The number of aliphatic hydroxyl groups excluding tert-OH is 1. The molecule has 6 atom stereocenters. The number of hydrogen-bond acceptors (Lipinski definition) is 7. The van der Waals surface area contributed by atoms with Gasteiger partial charge in [-0.05, 0) is 31.2 Å². The number of benzene rings is 1. The summed E-state index contributed by atoms with van der Waals surface area (Å²) in [5, 5.41) is 50.2. The van der Waals surface area contributed by atoms with Gasteiger partial charge in [0.2, 0.25) is 17.3 Å². The number of allylic oxidation sites excluding steroid dienone is 2. The molecule has 10 nitrogen and oxygen atoms in total. The van der Waals surface area contributed by atoms with Crippen molar-refractivity contribution in [2.45, 2.75) is 68.7 Å². The van der Waals surface area contributed by atoms with Gasteiger partial charge in [0.25, 0.3) is 0 Å². The lowest BCUT2D eigenvalue weighted by molar-refractivity contribution is -0.372.